The molecule has 3 aromatic rings. The molecular formula is C18H17F2N3O2. The van der Waals surface area contributed by atoms with Gasteiger partial charge in [0.1, 0.15) is 11.6 Å². The number of unbranched alkanes of at least 4 members (excludes halogenated alkanes) is 1. The highest BCUT2D eigenvalue weighted by molar-refractivity contribution is 6.01. The maximum Gasteiger partial charge on any atom is 0.359 e. The van der Waals surface area contributed by atoms with Gasteiger partial charge in [0.2, 0.25) is 0 Å². The third kappa shape index (κ3) is 3.65. The van der Waals surface area contributed by atoms with Crippen molar-refractivity contribution < 1.29 is 18.3 Å². The monoisotopic (exact) mass is 345 g/mol. The number of aromatic nitrogens is 3. The fourth-order valence-corrected chi connectivity index (χ4v) is 2.46. The van der Waals surface area contributed by atoms with E-state index in [1.807, 2.05) is 6.92 Å². The number of benzene rings is 1. The van der Waals surface area contributed by atoms with E-state index < -0.39 is 11.8 Å². The van der Waals surface area contributed by atoms with Gasteiger partial charge in [-0.1, -0.05) is 31.5 Å². The summed E-state index contributed by atoms with van der Waals surface area (Å²) in [6, 6.07) is 7.44. The maximum absolute atomic E-state index is 13.9. The fraction of sp³-hybridized carbons (Fsp3) is 0.278. The Morgan fingerprint density at radius 3 is 2.84 bits per heavy atom. The Bertz CT molecular complexity index is 908. The molecule has 0 N–H and O–H groups in total. The third-order valence-corrected chi connectivity index (χ3v) is 3.76. The first-order valence-corrected chi connectivity index (χ1v) is 8.02. The number of esters is 1. The molecular weight excluding hydrogens is 328 g/mol. The SMILES string of the molecule is CCCCOC(=O)c1nn(Cc2ccccc2F)c2ncc(F)cc12. The molecule has 2 heterocycles. The van der Waals surface area contributed by atoms with E-state index in [1.165, 1.54) is 16.8 Å². The van der Waals surface area contributed by atoms with Gasteiger partial charge < -0.3 is 4.74 Å². The summed E-state index contributed by atoms with van der Waals surface area (Å²) >= 11 is 0. The molecule has 25 heavy (non-hydrogen) atoms. The molecule has 0 atom stereocenters. The van der Waals surface area contributed by atoms with Crippen LogP contribution in [0.15, 0.2) is 36.5 Å². The molecule has 5 nitrogen and oxygen atoms in total. The van der Waals surface area contributed by atoms with Gasteiger partial charge in [0.25, 0.3) is 0 Å². The average Bonchev–Trinajstić information content (AvgIpc) is 2.95. The number of rotatable bonds is 6. The summed E-state index contributed by atoms with van der Waals surface area (Å²) in [5.41, 5.74) is 0.672. The summed E-state index contributed by atoms with van der Waals surface area (Å²) in [6.45, 7) is 2.31. The predicted octanol–water partition coefficient (Wildman–Crippen LogP) is 3.71. The second kappa shape index (κ2) is 7.38. The number of pyridine rings is 1. The highest BCUT2D eigenvalue weighted by atomic mass is 19.1. The summed E-state index contributed by atoms with van der Waals surface area (Å²) in [7, 11) is 0. The van der Waals surface area contributed by atoms with E-state index in [-0.39, 0.29) is 30.0 Å². The van der Waals surface area contributed by atoms with E-state index in [2.05, 4.69) is 10.1 Å². The topological polar surface area (TPSA) is 57.0 Å². The molecule has 1 aromatic carbocycles. The smallest absolute Gasteiger partial charge is 0.359 e. The zero-order valence-corrected chi connectivity index (χ0v) is 13.7. The minimum absolute atomic E-state index is 0.0190. The van der Waals surface area contributed by atoms with Crippen LogP contribution in [0.2, 0.25) is 0 Å². The van der Waals surface area contributed by atoms with E-state index in [0.717, 1.165) is 19.0 Å². The Hall–Kier alpha value is -2.83. The Morgan fingerprint density at radius 2 is 2.08 bits per heavy atom. The molecule has 130 valence electrons. The van der Waals surface area contributed by atoms with Crippen molar-refractivity contribution in [3.8, 4) is 0 Å². The number of fused-ring (bicyclic) bond motifs is 1. The molecule has 0 bridgehead atoms. The van der Waals surface area contributed by atoms with Gasteiger partial charge in [-0.25, -0.2) is 23.2 Å². The van der Waals surface area contributed by atoms with E-state index in [0.29, 0.717) is 11.2 Å². The van der Waals surface area contributed by atoms with Crippen LogP contribution in [-0.2, 0) is 11.3 Å². The Balaban J connectivity index is 1.99. The quantitative estimate of drug-likeness (QED) is 0.505. The summed E-state index contributed by atoms with van der Waals surface area (Å²) < 4.78 is 34.0. The number of carbonyl (C=O) groups excluding carboxylic acids is 1. The number of nitrogens with zero attached hydrogens (tertiary/aromatic N) is 3. The van der Waals surface area contributed by atoms with E-state index in [1.54, 1.807) is 18.2 Å². The lowest BCUT2D eigenvalue weighted by Gasteiger charge is -2.04. The van der Waals surface area contributed by atoms with E-state index in [9.17, 15) is 13.6 Å². The first kappa shape index (κ1) is 17.0. The zero-order valence-electron chi connectivity index (χ0n) is 13.7. The molecule has 3 rings (SSSR count). The second-order valence-corrected chi connectivity index (χ2v) is 5.61. The van der Waals surface area contributed by atoms with Gasteiger partial charge >= 0.3 is 5.97 Å². The number of carbonyl (C=O) groups is 1. The molecule has 0 aliphatic rings. The van der Waals surface area contributed by atoms with E-state index >= 15 is 0 Å². The number of hydrogen-bond acceptors (Lipinski definition) is 4. The Morgan fingerprint density at radius 1 is 1.28 bits per heavy atom. The highest BCUT2D eigenvalue weighted by Gasteiger charge is 2.20. The zero-order chi connectivity index (χ0) is 17.8. The van der Waals surface area contributed by atoms with Crippen molar-refractivity contribution in [1.82, 2.24) is 14.8 Å². The standard InChI is InChI=1S/C18H17F2N3O2/c1-2-3-8-25-18(24)16-14-9-13(19)10-21-17(14)23(22-16)11-12-6-4-5-7-15(12)20/h4-7,9-10H,2-3,8,11H2,1H3. The number of ether oxygens (including phenoxy) is 1. The Kier molecular flexibility index (Phi) is 5.02. The van der Waals surface area contributed by atoms with Crippen molar-refractivity contribution in [1.29, 1.82) is 0 Å². The minimum atomic E-state index is -0.641. The average molecular weight is 345 g/mol. The van der Waals surface area contributed by atoms with Crippen LogP contribution >= 0.6 is 0 Å². The Labute approximate surface area is 143 Å². The largest absolute Gasteiger partial charge is 0.461 e. The lowest BCUT2D eigenvalue weighted by Crippen LogP contribution is -2.09. The molecule has 0 saturated heterocycles. The summed E-state index contributed by atoms with van der Waals surface area (Å²) in [6.07, 6.45) is 2.65. The lowest BCUT2D eigenvalue weighted by molar-refractivity contribution is 0.0494. The normalized spacial score (nSPS) is 11.0. The van der Waals surface area contributed by atoms with Gasteiger partial charge in [0.15, 0.2) is 11.3 Å². The van der Waals surface area contributed by atoms with Crippen molar-refractivity contribution in [2.45, 2.75) is 26.3 Å². The summed E-state index contributed by atoms with van der Waals surface area (Å²) in [5, 5.41) is 4.44. The molecule has 0 fully saturated rings. The van der Waals surface area contributed by atoms with Gasteiger partial charge in [-0.3, -0.25) is 0 Å². The fourth-order valence-electron chi connectivity index (χ4n) is 2.46. The first-order chi connectivity index (χ1) is 12.1. The van der Waals surface area contributed by atoms with Crippen LogP contribution in [-0.4, -0.2) is 27.3 Å². The molecule has 0 aliphatic carbocycles. The van der Waals surface area contributed by atoms with Crippen molar-refractivity contribution in [2.24, 2.45) is 0 Å². The highest BCUT2D eigenvalue weighted by Crippen LogP contribution is 2.20. The van der Waals surface area contributed by atoms with Gasteiger partial charge in [-0.2, -0.15) is 5.10 Å². The summed E-state index contributed by atoms with van der Waals surface area (Å²) in [4.78, 5) is 16.3. The van der Waals surface area contributed by atoms with Crippen LogP contribution < -0.4 is 0 Å². The van der Waals surface area contributed by atoms with Gasteiger partial charge in [0.05, 0.1) is 24.7 Å². The molecule has 0 radical (unpaired) electrons. The molecule has 2 aromatic heterocycles. The molecule has 0 amide bonds. The van der Waals surface area contributed by atoms with Crippen LogP contribution in [0.5, 0.6) is 0 Å². The molecule has 7 heteroatoms. The first-order valence-electron chi connectivity index (χ1n) is 8.02. The van der Waals surface area contributed by atoms with Crippen LogP contribution in [0.1, 0.15) is 35.8 Å². The van der Waals surface area contributed by atoms with Gasteiger partial charge in [0, 0.05) is 5.56 Å². The molecule has 0 spiro atoms. The van der Waals surface area contributed by atoms with Crippen LogP contribution in [0.25, 0.3) is 11.0 Å². The minimum Gasteiger partial charge on any atom is -0.461 e. The third-order valence-electron chi connectivity index (χ3n) is 3.76. The van der Waals surface area contributed by atoms with Crippen LogP contribution in [0, 0.1) is 11.6 Å². The predicted molar refractivity (Wildman–Crippen MR) is 88.2 cm³/mol. The van der Waals surface area contributed by atoms with Crippen LogP contribution in [0.4, 0.5) is 8.78 Å². The van der Waals surface area contributed by atoms with Crippen molar-refractivity contribution in [3.63, 3.8) is 0 Å². The molecule has 0 saturated carbocycles. The van der Waals surface area contributed by atoms with E-state index in [4.69, 9.17) is 4.74 Å². The van der Waals surface area contributed by atoms with Gasteiger partial charge in [-0.15, -0.1) is 0 Å². The molecule has 0 unspecified atom stereocenters. The summed E-state index contributed by atoms with van der Waals surface area (Å²) in [5.74, 6) is -1.61. The maximum atomic E-state index is 13.9. The van der Waals surface area contributed by atoms with Crippen LogP contribution in [0.3, 0.4) is 0 Å². The molecule has 0 aliphatic heterocycles. The number of halogens is 2. The van der Waals surface area contributed by atoms with Gasteiger partial charge in [-0.05, 0) is 18.6 Å². The lowest BCUT2D eigenvalue weighted by atomic mass is 10.2. The van der Waals surface area contributed by atoms with Crippen molar-refractivity contribution in [2.75, 3.05) is 6.61 Å². The number of hydrogen-bond donors (Lipinski definition) is 0. The second-order valence-electron chi connectivity index (χ2n) is 5.61. The van der Waals surface area contributed by atoms with Crippen molar-refractivity contribution >= 4 is 17.0 Å². The van der Waals surface area contributed by atoms with Crippen molar-refractivity contribution in [3.05, 3.63) is 59.4 Å².